The number of alkyl halides is 3. The summed E-state index contributed by atoms with van der Waals surface area (Å²) in [6.07, 6.45) is -3.03. The molecule has 3 aromatic rings. The lowest BCUT2D eigenvalue weighted by atomic mass is 10.1. The van der Waals surface area contributed by atoms with Crippen LogP contribution in [-0.4, -0.2) is 23.5 Å². The summed E-state index contributed by atoms with van der Waals surface area (Å²) in [5.74, 6) is 0.106. The number of nitrogens with zero attached hydrogens (tertiary/aromatic N) is 3. The van der Waals surface area contributed by atoms with Gasteiger partial charge in [0.25, 0.3) is 10.0 Å². The molecule has 2 N–H and O–H groups in total. The van der Waals surface area contributed by atoms with Crippen LogP contribution in [0.4, 0.5) is 13.2 Å². The Labute approximate surface area is 170 Å². The predicted molar refractivity (Wildman–Crippen MR) is 99.6 cm³/mol. The van der Waals surface area contributed by atoms with Crippen LogP contribution in [-0.2, 0) is 16.2 Å². The smallest absolute Gasteiger partial charge is 0.339 e. The van der Waals surface area contributed by atoms with Crippen LogP contribution in [0.25, 0.3) is 11.4 Å². The molecule has 0 bridgehead atoms. The standard InChI is InChI=1S/C19H17F3N4O3S/c1-18(2)14(11-6-7-13(24-9-11)30(23,27)28)15(18)17-25-16(26-29-17)10-4-3-5-12(8-10)19(20,21)22/h3-9,14-15H,1-2H3,(H2,23,27,28)/t14-,15+/m0/s1. The van der Waals surface area contributed by atoms with Gasteiger partial charge in [-0.15, -0.1) is 0 Å². The Balaban J connectivity index is 1.61. The second-order valence-corrected chi connectivity index (χ2v) is 9.29. The molecule has 1 aliphatic rings. The number of primary sulfonamides is 1. The van der Waals surface area contributed by atoms with Gasteiger partial charge in [-0.2, -0.15) is 18.2 Å². The minimum Gasteiger partial charge on any atom is -0.339 e. The maximum absolute atomic E-state index is 13.0. The molecular weight excluding hydrogens is 421 g/mol. The van der Waals surface area contributed by atoms with E-state index in [9.17, 15) is 21.6 Å². The Hall–Kier alpha value is -2.79. The Morgan fingerprint density at radius 2 is 1.87 bits per heavy atom. The van der Waals surface area contributed by atoms with Crippen molar-refractivity contribution >= 4 is 10.0 Å². The lowest BCUT2D eigenvalue weighted by molar-refractivity contribution is -0.137. The third-order valence-electron chi connectivity index (χ3n) is 5.39. The van der Waals surface area contributed by atoms with Crippen LogP contribution in [0.15, 0.2) is 52.1 Å². The normalized spacial score (nSPS) is 20.9. The van der Waals surface area contributed by atoms with Gasteiger partial charge in [-0.05, 0) is 29.2 Å². The summed E-state index contributed by atoms with van der Waals surface area (Å²) in [5, 5.41) is 8.69. The van der Waals surface area contributed by atoms with Crippen LogP contribution in [0.1, 0.15) is 42.7 Å². The monoisotopic (exact) mass is 438 g/mol. The van der Waals surface area contributed by atoms with Gasteiger partial charge >= 0.3 is 6.18 Å². The van der Waals surface area contributed by atoms with E-state index < -0.39 is 21.8 Å². The van der Waals surface area contributed by atoms with Crippen molar-refractivity contribution in [2.24, 2.45) is 10.6 Å². The summed E-state index contributed by atoms with van der Waals surface area (Å²) in [6, 6.07) is 7.68. The quantitative estimate of drug-likeness (QED) is 0.665. The zero-order chi connectivity index (χ0) is 21.9. The van der Waals surface area contributed by atoms with E-state index in [1.54, 1.807) is 6.07 Å². The number of halogens is 3. The number of benzene rings is 1. The topological polar surface area (TPSA) is 112 Å². The van der Waals surface area contributed by atoms with Crippen molar-refractivity contribution in [3.63, 3.8) is 0 Å². The molecule has 158 valence electrons. The Morgan fingerprint density at radius 1 is 1.13 bits per heavy atom. The minimum atomic E-state index is -4.47. The molecule has 0 radical (unpaired) electrons. The molecular formula is C19H17F3N4O3S. The highest BCUT2D eigenvalue weighted by atomic mass is 32.2. The number of aromatic nitrogens is 3. The molecule has 4 rings (SSSR count). The first-order chi connectivity index (χ1) is 13.9. The van der Waals surface area contributed by atoms with E-state index in [1.165, 1.54) is 24.4 Å². The summed E-state index contributed by atoms with van der Waals surface area (Å²) >= 11 is 0. The van der Waals surface area contributed by atoms with Crippen molar-refractivity contribution in [3.05, 3.63) is 59.6 Å². The molecule has 1 aromatic carbocycles. The molecule has 1 fully saturated rings. The molecule has 2 atom stereocenters. The van der Waals surface area contributed by atoms with Crippen LogP contribution in [0, 0.1) is 5.41 Å². The van der Waals surface area contributed by atoms with Crippen LogP contribution >= 0.6 is 0 Å². The highest BCUT2D eigenvalue weighted by Crippen LogP contribution is 2.69. The molecule has 11 heteroatoms. The van der Waals surface area contributed by atoms with Gasteiger partial charge in [0.2, 0.25) is 11.7 Å². The van der Waals surface area contributed by atoms with Crippen molar-refractivity contribution < 1.29 is 26.1 Å². The average molecular weight is 438 g/mol. The van der Waals surface area contributed by atoms with Crippen molar-refractivity contribution in [3.8, 4) is 11.4 Å². The molecule has 0 saturated heterocycles. The predicted octanol–water partition coefficient (Wildman–Crippen LogP) is 3.71. The summed E-state index contributed by atoms with van der Waals surface area (Å²) in [5.41, 5.74) is -0.107. The molecule has 0 amide bonds. The third kappa shape index (κ3) is 3.58. The maximum Gasteiger partial charge on any atom is 0.416 e. The molecule has 2 aromatic heterocycles. The number of sulfonamides is 1. The number of nitrogens with two attached hydrogens (primary N) is 1. The van der Waals surface area contributed by atoms with Crippen LogP contribution < -0.4 is 5.14 Å². The lowest BCUT2D eigenvalue weighted by Gasteiger charge is -2.06. The second kappa shape index (κ2) is 6.61. The average Bonchev–Trinajstić information content (AvgIpc) is 3.01. The molecule has 1 aliphatic carbocycles. The van der Waals surface area contributed by atoms with Gasteiger partial charge in [0.15, 0.2) is 5.03 Å². The van der Waals surface area contributed by atoms with Gasteiger partial charge in [0.1, 0.15) is 0 Å². The van der Waals surface area contributed by atoms with Crippen molar-refractivity contribution in [1.82, 2.24) is 15.1 Å². The zero-order valence-corrected chi connectivity index (χ0v) is 16.7. The molecule has 30 heavy (non-hydrogen) atoms. The summed E-state index contributed by atoms with van der Waals surface area (Å²) in [6.45, 7) is 3.95. The zero-order valence-electron chi connectivity index (χ0n) is 15.9. The number of pyridine rings is 1. The van der Waals surface area contributed by atoms with Crippen molar-refractivity contribution in [1.29, 1.82) is 0 Å². The van der Waals surface area contributed by atoms with E-state index in [0.717, 1.165) is 17.7 Å². The fraction of sp³-hybridized carbons (Fsp3) is 0.316. The number of hydrogen-bond donors (Lipinski definition) is 1. The second-order valence-electron chi connectivity index (χ2n) is 7.79. The lowest BCUT2D eigenvalue weighted by Crippen LogP contribution is -2.13. The SMILES string of the molecule is CC1(C)[C@@H](c2ccc(S(N)(=O)=O)nc2)[C@@H]1c1nc(-c2cccc(C(F)(F)F)c2)no1. The molecule has 2 heterocycles. The van der Waals surface area contributed by atoms with E-state index in [2.05, 4.69) is 15.1 Å². The maximum atomic E-state index is 13.0. The van der Waals surface area contributed by atoms with E-state index >= 15 is 0 Å². The van der Waals surface area contributed by atoms with E-state index in [0.29, 0.717) is 5.89 Å². The fourth-order valence-corrected chi connectivity index (χ4v) is 4.24. The number of hydrogen-bond acceptors (Lipinski definition) is 6. The Morgan fingerprint density at radius 3 is 2.47 bits per heavy atom. The largest absolute Gasteiger partial charge is 0.416 e. The van der Waals surface area contributed by atoms with Gasteiger partial charge in [-0.1, -0.05) is 37.2 Å². The summed E-state index contributed by atoms with van der Waals surface area (Å²) in [7, 11) is -3.89. The van der Waals surface area contributed by atoms with E-state index in [4.69, 9.17) is 9.66 Å². The molecule has 7 nitrogen and oxygen atoms in total. The van der Waals surface area contributed by atoms with Gasteiger partial charge in [0, 0.05) is 17.7 Å². The highest BCUT2D eigenvalue weighted by Gasteiger charge is 2.62. The van der Waals surface area contributed by atoms with Crippen molar-refractivity contribution in [2.45, 2.75) is 36.9 Å². The van der Waals surface area contributed by atoms with E-state index in [-0.39, 0.29) is 33.7 Å². The van der Waals surface area contributed by atoms with Gasteiger partial charge in [-0.3, -0.25) is 0 Å². The third-order valence-corrected chi connectivity index (χ3v) is 6.22. The van der Waals surface area contributed by atoms with Gasteiger partial charge in [0.05, 0.1) is 11.5 Å². The summed E-state index contributed by atoms with van der Waals surface area (Å²) < 4.78 is 67.0. The first-order valence-electron chi connectivity index (χ1n) is 8.89. The Bertz CT molecular complexity index is 1200. The fourth-order valence-electron chi connectivity index (χ4n) is 3.78. The minimum absolute atomic E-state index is 0.0697. The van der Waals surface area contributed by atoms with Crippen LogP contribution in [0.2, 0.25) is 0 Å². The van der Waals surface area contributed by atoms with Crippen LogP contribution in [0.3, 0.4) is 0 Å². The number of rotatable bonds is 4. The van der Waals surface area contributed by atoms with Gasteiger partial charge < -0.3 is 4.52 Å². The molecule has 1 saturated carbocycles. The summed E-state index contributed by atoms with van der Waals surface area (Å²) in [4.78, 5) is 8.22. The Kier molecular flexibility index (Phi) is 4.51. The molecule has 0 spiro atoms. The van der Waals surface area contributed by atoms with Crippen molar-refractivity contribution in [2.75, 3.05) is 0 Å². The molecule has 0 unspecified atom stereocenters. The van der Waals surface area contributed by atoms with Gasteiger partial charge in [-0.25, -0.2) is 18.5 Å². The molecule has 0 aliphatic heterocycles. The highest BCUT2D eigenvalue weighted by molar-refractivity contribution is 7.89. The first kappa shape index (κ1) is 20.5. The van der Waals surface area contributed by atoms with Crippen LogP contribution in [0.5, 0.6) is 0 Å². The van der Waals surface area contributed by atoms with E-state index in [1.807, 2.05) is 13.8 Å². The first-order valence-corrected chi connectivity index (χ1v) is 10.4.